The Labute approximate surface area is 134 Å². The summed E-state index contributed by atoms with van der Waals surface area (Å²) in [6.45, 7) is 1.22. The molecule has 1 aliphatic heterocycles. The van der Waals surface area contributed by atoms with E-state index in [1.165, 1.54) is 6.07 Å². The number of rotatable bonds is 3. The third kappa shape index (κ3) is 3.35. The standard InChI is InChI=1S/C18H18FNO3/c1-22-14-8-6-13(7-9-14)18(21)20-10-11-23-17(12-20)15-4-2-3-5-16(15)19/h2-9,17H,10-12H2,1H3. The van der Waals surface area contributed by atoms with Gasteiger partial charge in [-0.1, -0.05) is 18.2 Å². The fraction of sp³-hybridized carbons (Fsp3) is 0.278. The van der Waals surface area contributed by atoms with Crippen molar-refractivity contribution in [2.24, 2.45) is 0 Å². The van der Waals surface area contributed by atoms with Crippen molar-refractivity contribution in [3.63, 3.8) is 0 Å². The van der Waals surface area contributed by atoms with Crippen molar-refractivity contribution >= 4 is 5.91 Å². The van der Waals surface area contributed by atoms with Crippen LogP contribution in [-0.2, 0) is 4.74 Å². The predicted octanol–water partition coefficient (Wildman–Crippen LogP) is 3.05. The van der Waals surface area contributed by atoms with Gasteiger partial charge in [-0.05, 0) is 30.3 Å². The van der Waals surface area contributed by atoms with E-state index in [9.17, 15) is 9.18 Å². The van der Waals surface area contributed by atoms with Crippen LogP contribution < -0.4 is 4.74 Å². The lowest BCUT2D eigenvalue weighted by atomic mass is 10.1. The maximum absolute atomic E-state index is 13.9. The lowest BCUT2D eigenvalue weighted by molar-refractivity contribution is -0.0243. The molecule has 0 N–H and O–H groups in total. The molecule has 4 nitrogen and oxygen atoms in total. The molecule has 0 spiro atoms. The summed E-state index contributed by atoms with van der Waals surface area (Å²) in [5, 5.41) is 0. The van der Waals surface area contributed by atoms with Crippen molar-refractivity contribution in [3.8, 4) is 5.75 Å². The number of morpholine rings is 1. The first kappa shape index (κ1) is 15.5. The highest BCUT2D eigenvalue weighted by atomic mass is 19.1. The molecule has 1 heterocycles. The Balaban J connectivity index is 1.75. The number of carbonyl (C=O) groups is 1. The van der Waals surface area contributed by atoms with E-state index in [0.29, 0.717) is 36.6 Å². The van der Waals surface area contributed by atoms with Gasteiger partial charge in [0.25, 0.3) is 5.91 Å². The van der Waals surface area contributed by atoms with Crippen LogP contribution in [0.25, 0.3) is 0 Å². The van der Waals surface area contributed by atoms with Gasteiger partial charge in [-0.2, -0.15) is 0 Å². The minimum absolute atomic E-state index is 0.0858. The molecule has 2 aromatic rings. The Bertz CT molecular complexity index is 687. The van der Waals surface area contributed by atoms with Gasteiger partial charge in [0.1, 0.15) is 17.7 Å². The molecule has 0 aromatic heterocycles. The Kier molecular flexibility index (Phi) is 4.57. The second-order valence-electron chi connectivity index (χ2n) is 5.36. The number of ether oxygens (including phenoxy) is 2. The molecule has 3 rings (SSSR count). The molecule has 23 heavy (non-hydrogen) atoms. The number of methoxy groups -OCH3 is 1. The van der Waals surface area contributed by atoms with Crippen LogP contribution in [-0.4, -0.2) is 37.6 Å². The fourth-order valence-electron chi connectivity index (χ4n) is 2.67. The van der Waals surface area contributed by atoms with Crippen LogP contribution in [0.5, 0.6) is 5.75 Å². The Morgan fingerprint density at radius 2 is 1.96 bits per heavy atom. The molecular formula is C18H18FNO3. The van der Waals surface area contributed by atoms with E-state index in [0.717, 1.165) is 0 Å². The molecule has 120 valence electrons. The summed E-state index contributed by atoms with van der Waals surface area (Å²) in [5.74, 6) is 0.307. The first-order chi connectivity index (χ1) is 11.2. The van der Waals surface area contributed by atoms with E-state index in [1.54, 1.807) is 54.5 Å². The molecule has 5 heteroatoms. The maximum Gasteiger partial charge on any atom is 0.254 e. The Morgan fingerprint density at radius 3 is 2.65 bits per heavy atom. The van der Waals surface area contributed by atoms with Gasteiger partial charge in [0.2, 0.25) is 0 Å². The van der Waals surface area contributed by atoms with Crippen LogP contribution in [0.4, 0.5) is 4.39 Å². The second kappa shape index (κ2) is 6.79. The topological polar surface area (TPSA) is 38.8 Å². The summed E-state index contributed by atoms with van der Waals surface area (Å²) in [5.41, 5.74) is 1.07. The van der Waals surface area contributed by atoms with Gasteiger partial charge in [-0.3, -0.25) is 4.79 Å². The average molecular weight is 315 g/mol. The third-order valence-electron chi connectivity index (χ3n) is 3.94. The number of hydrogen-bond acceptors (Lipinski definition) is 3. The van der Waals surface area contributed by atoms with E-state index in [-0.39, 0.29) is 11.7 Å². The molecule has 0 saturated carbocycles. The maximum atomic E-state index is 13.9. The molecule has 1 amide bonds. The van der Waals surface area contributed by atoms with Crippen LogP contribution in [0.1, 0.15) is 22.0 Å². The minimum Gasteiger partial charge on any atom is -0.497 e. The van der Waals surface area contributed by atoms with E-state index >= 15 is 0 Å². The predicted molar refractivity (Wildman–Crippen MR) is 84.0 cm³/mol. The fourth-order valence-corrected chi connectivity index (χ4v) is 2.67. The van der Waals surface area contributed by atoms with Crippen LogP contribution in [0.2, 0.25) is 0 Å². The number of nitrogens with zero attached hydrogens (tertiary/aromatic N) is 1. The minimum atomic E-state index is -0.438. The first-order valence-corrected chi connectivity index (χ1v) is 7.48. The highest BCUT2D eigenvalue weighted by Gasteiger charge is 2.27. The highest BCUT2D eigenvalue weighted by molar-refractivity contribution is 5.94. The number of benzene rings is 2. The number of hydrogen-bond donors (Lipinski definition) is 0. The van der Waals surface area contributed by atoms with Crippen LogP contribution >= 0.6 is 0 Å². The molecule has 2 aromatic carbocycles. The van der Waals surface area contributed by atoms with Gasteiger partial charge in [-0.15, -0.1) is 0 Å². The summed E-state index contributed by atoms with van der Waals surface area (Å²) in [7, 11) is 1.58. The van der Waals surface area contributed by atoms with Crippen molar-refractivity contribution < 1.29 is 18.7 Å². The van der Waals surface area contributed by atoms with Gasteiger partial charge < -0.3 is 14.4 Å². The summed E-state index contributed by atoms with van der Waals surface area (Å²) < 4.78 is 24.7. The lowest BCUT2D eigenvalue weighted by Crippen LogP contribution is -2.42. The van der Waals surface area contributed by atoms with Crippen molar-refractivity contribution in [2.75, 3.05) is 26.8 Å². The Morgan fingerprint density at radius 1 is 1.22 bits per heavy atom. The Hall–Kier alpha value is -2.40. The van der Waals surface area contributed by atoms with Crippen molar-refractivity contribution in [1.82, 2.24) is 4.90 Å². The monoisotopic (exact) mass is 315 g/mol. The van der Waals surface area contributed by atoms with Crippen LogP contribution in [0.3, 0.4) is 0 Å². The van der Waals surface area contributed by atoms with Gasteiger partial charge in [0, 0.05) is 17.7 Å². The van der Waals surface area contributed by atoms with Crippen molar-refractivity contribution in [3.05, 3.63) is 65.5 Å². The largest absolute Gasteiger partial charge is 0.497 e. The summed E-state index contributed by atoms with van der Waals surface area (Å²) >= 11 is 0. The zero-order valence-corrected chi connectivity index (χ0v) is 12.9. The van der Waals surface area contributed by atoms with Crippen molar-refractivity contribution in [1.29, 1.82) is 0 Å². The molecule has 1 unspecified atom stereocenters. The highest BCUT2D eigenvalue weighted by Crippen LogP contribution is 2.25. The van der Waals surface area contributed by atoms with Gasteiger partial charge >= 0.3 is 0 Å². The van der Waals surface area contributed by atoms with Crippen LogP contribution in [0.15, 0.2) is 48.5 Å². The summed E-state index contributed by atoms with van der Waals surface area (Å²) in [6, 6.07) is 13.5. The van der Waals surface area contributed by atoms with Crippen molar-refractivity contribution in [2.45, 2.75) is 6.10 Å². The quantitative estimate of drug-likeness (QED) is 0.874. The third-order valence-corrected chi connectivity index (χ3v) is 3.94. The van der Waals surface area contributed by atoms with E-state index in [4.69, 9.17) is 9.47 Å². The lowest BCUT2D eigenvalue weighted by Gasteiger charge is -2.33. The number of amides is 1. The molecule has 1 aliphatic rings. The molecule has 1 atom stereocenters. The molecule has 1 saturated heterocycles. The van der Waals surface area contributed by atoms with Gasteiger partial charge in [0.05, 0.1) is 20.3 Å². The zero-order valence-electron chi connectivity index (χ0n) is 12.9. The SMILES string of the molecule is COc1ccc(C(=O)N2CCOC(c3ccccc3F)C2)cc1. The smallest absolute Gasteiger partial charge is 0.254 e. The molecular weight excluding hydrogens is 297 g/mol. The van der Waals surface area contributed by atoms with E-state index in [1.807, 2.05) is 0 Å². The van der Waals surface area contributed by atoms with Crippen LogP contribution in [0, 0.1) is 5.82 Å². The van der Waals surface area contributed by atoms with Gasteiger partial charge in [0.15, 0.2) is 0 Å². The summed E-state index contributed by atoms with van der Waals surface area (Å²) in [6.07, 6.45) is -0.438. The summed E-state index contributed by atoms with van der Waals surface area (Å²) in [4.78, 5) is 14.3. The van der Waals surface area contributed by atoms with Gasteiger partial charge in [-0.25, -0.2) is 4.39 Å². The molecule has 0 aliphatic carbocycles. The zero-order chi connectivity index (χ0) is 16.2. The average Bonchev–Trinajstić information content (AvgIpc) is 2.62. The molecule has 1 fully saturated rings. The molecule has 0 bridgehead atoms. The van der Waals surface area contributed by atoms with E-state index in [2.05, 4.69) is 0 Å². The second-order valence-corrected chi connectivity index (χ2v) is 5.36. The normalized spacial score (nSPS) is 17.8. The number of halogens is 1. The molecule has 0 radical (unpaired) electrons. The number of carbonyl (C=O) groups excluding carboxylic acids is 1. The van der Waals surface area contributed by atoms with E-state index < -0.39 is 6.10 Å². The first-order valence-electron chi connectivity index (χ1n) is 7.48.